The van der Waals surface area contributed by atoms with Gasteiger partial charge in [-0.15, -0.1) is 0 Å². The Morgan fingerprint density at radius 1 is 0.500 bits per heavy atom. The van der Waals surface area contributed by atoms with Crippen molar-refractivity contribution in [3.63, 3.8) is 0 Å². The van der Waals surface area contributed by atoms with Crippen molar-refractivity contribution >= 4 is 5.97 Å². The number of fused-ring (bicyclic) bond motifs is 11. The van der Waals surface area contributed by atoms with Crippen LogP contribution in [0.5, 0.6) is 0 Å². The first-order valence-electron chi connectivity index (χ1n) is 31.3. The second-order valence-electron chi connectivity index (χ2n) is 28.1. The number of hydrogen-bond acceptors (Lipinski definition) is 19. The summed E-state index contributed by atoms with van der Waals surface area (Å²) in [5.41, 5.74) is 2.16. The molecule has 0 amide bonds. The Balaban J connectivity index is 0.628. The summed E-state index contributed by atoms with van der Waals surface area (Å²) < 4.78 is 110. The fourth-order valence-electron chi connectivity index (χ4n) is 18.9. The first-order valence-corrected chi connectivity index (χ1v) is 31.3. The summed E-state index contributed by atoms with van der Waals surface area (Å²) in [6, 6.07) is 0. The smallest absolute Gasteiger partial charge is 0.308 e. The van der Waals surface area contributed by atoms with Gasteiger partial charge in [0.25, 0.3) is 0 Å². The Kier molecular flexibility index (Phi) is 13.4. The first-order chi connectivity index (χ1) is 38.6. The van der Waals surface area contributed by atoms with Crippen molar-refractivity contribution in [1.29, 1.82) is 0 Å². The van der Waals surface area contributed by atoms with E-state index >= 15 is 0 Å². The highest BCUT2D eigenvalue weighted by atomic mass is 16.8. The lowest BCUT2D eigenvalue weighted by atomic mass is 9.77. The van der Waals surface area contributed by atoms with E-state index < -0.39 is 54.0 Å². The molecule has 19 heteroatoms. The lowest BCUT2D eigenvalue weighted by molar-refractivity contribution is -0.370. The van der Waals surface area contributed by atoms with E-state index in [2.05, 4.69) is 40.9 Å². The van der Waals surface area contributed by atoms with E-state index in [4.69, 9.17) is 75.8 Å². The van der Waals surface area contributed by atoms with Gasteiger partial charge in [0.15, 0.2) is 17.4 Å². The third-order valence-electron chi connectivity index (χ3n) is 22.7. The van der Waals surface area contributed by atoms with Crippen molar-refractivity contribution in [2.75, 3.05) is 13.2 Å². The van der Waals surface area contributed by atoms with Crippen LogP contribution in [0, 0.1) is 29.6 Å². The number of aliphatic hydroxyl groups is 2. The Morgan fingerprint density at radius 2 is 1.18 bits per heavy atom. The van der Waals surface area contributed by atoms with Gasteiger partial charge >= 0.3 is 5.97 Å². The number of esters is 1. The second kappa shape index (κ2) is 19.9. The number of ether oxygens (including phenoxy) is 16. The summed E-state index contributed by atoms with van der Waals surface area (Å²) in [4.78, 5) is 14.6. The molecule has 2 N–H and O–H groups in total. The molecule has 33 atom stereocenters. The van der Waals surface area contributed by atoms with Crippen molar-refractivity contribution < 1.29 is 90.8 Å². The van der Waals surface area contributed by atoms with Gasteiger partial charge in [-0.25, -0.2) is 0 Å². The first kappa shape index (κ1) is 53.7. The third-order valence-corrected chi connectivity index (χ3v) is 22.7. The molecular weight excluding hydrogens is 1040 g/mol. The number of carbonyl (C=O) groups excluding carboxylic acids is 1. The molecular formula is C61H86O19. The minimum absolute atomic E-state index is 0.0140. The van der Waals surface area contributed by atoms with Crippen LogP contribution in [-0.2, 0) is 80.6 Å². The molecule has 17 aliphatic heterocycles. The Bertz CT molecular complexity index is 2410. The zero-order valence-corrected chi connectivity index (χ0v) is 47.0. The molecule has 17 rings (SSSR count). The van der Waals surface area contributed by atoms with Gasteiger partial charge in [-0.1, -0.05) is 40.9 Å². The quantitative estimate of drug-likeness (QED) is 0.270. The molecule has 0 aromatic rings. The summed E-state index contributed by atoms with van der Waals surface area (Å²) in [5.74, 6) is -2.91. The zero-order chi connectivity index (χ0) is 54.3. The van der Waals surface area contributed by atoms with E-state index in [0.717, 1.165) is 49.7 Å². The fraction of sp³-hybridized carbons (Fsp3) is 0.918. The predicted molar refractivity (Wildman–Crippen MR) is 276 cm³/mol. The highest BCUT2D eigenvalue weighted by molar-refractivity contribution is 5.70. The summed E-state index contributed by atoms with van der Waals surface area (Å²) in [6.45, 7) is 18.0. The topological polar surface area (TPSA) is 205 Å². The van der Waals surface area contributed by atoms with Gasteiger partial charge in [-0.05, 0) is 73.8 Å². The highest BCUT2D eigenvalue weighted by Crippen LogP contribution is 2.58. The molecule has 1 unspecified atom stereocenters. The van der Waals surface area contributed by atoms with Gasteiger partial charge < -0.3 is 86.0 Å². The molecule has 17 aliphatic rings. The summed E-state index contributed by atoms with van der Waals surface area (Å²) in [6.07, 6.45) is 3.77. The van der Waals surface area contributed by atoms with Crippen molar-refractivity contribution in [3.8, 4) is 0 Å². The molecule has 3 spiro atoms. The molecule has 17 fully saturated rings. The average Bonchev–Trinajstić information content (AvgIpc) is 3.64. The van der Waals surface area contributed by atoms with Crippen LogP contribution < -0.4 is 0 Å². The minimum Gasteiger partial charge on any atom is -0.459 e. The Morgan fingerprint density at radius 3 is 2.04 bits per heavy atom. The highest BCUT2D eigenvalue weighted by Gasteiger charge is 2.70. The zero-order valence-electron chi connectivity index (χ0n) is 47.0. The van der Waals surface area contributed by atoms with E-state index in [0.29, 0.717) is 70.8 Å². The van der Waals surface area contributed by atoms with Crippen LogP contribution >= 0.6 is 0 Å². The molecule has 19 nitrogen and oxygen atoms in total. The number of carbonyl (C=O) groups is 1. The van der Waals surface area contributed by atoms with E-state index in [1.165, 1.54) is 0 Å². The Labute approximate surface area is 469 Å². The normalized spacial score (nSPS) is 58.9. The van der Waals surface area contributed by atoms with Crippen LogP contribution in [0.25, 0.3) is 0 Å². The maximum absolute atomic E-state index is 14.6. The lowest BCUT2D eigenvalue weighted by Crippen LogP contribution is -2.62. The molecule has 0 radical (unpaired) electrons. The summed E-state index contributed by atoms with van der Waals surface area (Å²) in [7, 11) is 0. The molecule has 444 valence electrons. The second-order valence-corrected chi connectivity index (χ2v) is 28.1. The van der Waals surface area contributed by atoms with Crippen molar-refractivity contribution in [2.45, 2.75) is 307 Å². The number of hydrogen-bond donors (Lipinski definition) is 2. The van der Waals surface area contributed by atoms with Crippen LogP contribution in [0.1, 0.15) is 137 Å². The SMILES string of the molecule is C=C1C[C@@H]2CC[C@@]34C[C@H]5O[C@@H]6C(O[C@H]7CC[C@H](CC(=O)O[C@@H]8[C@@H](C)[C@@H]9O[C@@H]%10C[C@]%11(C[C@@H]%12O[C@]%13(C[C@H](C)[C@@H]%14O[C@@H]%15[C@@H]([C@@H](O)CO)CO[C@@H]%15C[C@@H]%14O%13)C[C@H](C)[C@@H]%12O%11)O[C@@H]%10C[C@@H]9O[C@H]8C[C@H]8O[C@@H](CC[C@@H]1O2)C[C@@H](C)C8=C)O[C@@H]7[C@@H]6O3)[C@@H]5O4. The van der Waals surface area contributed by atoms with Crippen LogP contribution in [0.4, 0.5) is 0 Å². The summed E-state index contributed by atoms with van der Waals surface area (Å²) in [5, 5.41) is 20.3. The maximum atomic E-state index is 14.6. The molecule has 12 bridgehead atoms. The van der Waals surface area contributed by atoms with E-state index in [1.807, 2.05) is 0 Å². The largest absolute Gasteiger partial charge is 0.459 e. The van der Waals surface area contributed by atoms with Gasteiger partial charge in [0.05, 0.1) is 136 Å². The minimum atomic E-state index is -0.908. The maximum Gasteiger partial charge on any atom is 0.308 e. The molecule has 0 aromatic heterocycles. The molecule has 0 aliphatic carbocycles. The standard InChI is InChI=1S/C61H86O19/c1-26-13-32-7-9-37-27(2)14-34(66-37)11-12-59-22-46-55(79-59)56-57(72-46)58(80-59)54-38(70-56)10-8-33(68-54)15-48(64)73-52-31(6)51-43(69-42(52)16-39(67-32)30(26)5)17-40-45(71-51)21-61(75-40)23-47-50(78-61)29(4)20-60(77-47)19-28(3)49-44(76-60)18-41-53(74-49)35(25-65-41)36(63)24-62/h26,28-29,31-47,49-58,62-63H,2,5,7-25H2,1,3-4,6H3/t26-,28+,29+,31+,32+,33-,34+,35-,36+,37+,38+,39-,40-,41-,42+,43+,44+,45-,46-,47+,49+,50+,51+,52-,53-,54+,55-,56?,57-,58+,59+,60-,61+/m1/s1. The average molecular weight is 1120 g/mol. The van der Waals surface area contributed by atoms with E-state index in [-0.39, 0.29) is 165 Å². The number of rotatable bonds is 2. The Hall–Kier alpha value is -1.73. The number of aliphatic hydroxyl groups excluding tert-OH is 2. The molecule has 17 heterocycles. The predicted octanol–water partition coefficient (Wildman–Crippen LogP) is 5.19. The van der Waals surface area contributed by atoms with Crippen LogP contribution in [0.15, 0.2) is 24.3 Å². The van der Waals surface area contributed by atoms with Crippen LogP contribution in [-0.4, -0.2) is 199 Å². The van der Waals surface area contributed by atoms with E-state index in [9.17, 15) is 15.0 Å². The van der Waals surface area contributed by atoms with Crippen LogP contribution in [0.2, 0.25) is 0 Å². The van der Waals surface area contributed by atoms with Gasteiger partial charge in [-0.3, -0.25) is 4.79 Å². The molecule has 80 heavy (non-hydrogen) atoms. The van der Waals surface area contributed by atoms with Gasteiger partial charge in [0, 0.05) is 69.6 Å². The summed E-state index contributed by atoms with van der Waals surface area (Å²) >= 11 is 0. The van der Waals surface area contributed by atoms with Crippen LogP contribution in [0.3, 0.4) is 0 Å². The van der Waals surface area contributed by atoms with Crippen molar-refractivity contribution in [3.05, 3.63) is 24.3 Å². The molecule has 0 aromatic carbocycles. The fourth-order valence-corrected chi connectivity index (χ4v) is 18.9. The van der Waals surface area contributed by atoms with E-state index in [1.54, 1.807) is 0 Å². The van der Waals surface area contributed by atoms with Gasteiger partial charge in [0.2, 0.25) is 0 Å². The van der Waals surface area contributed by atoms with Crippen molar-refractivity contribution in [1.82, 2.24) is 0 Å². The molecule has 0 saturated carbocycles. The van der Waals surface area contributed by atoms with Crippen molar-refractivity contribution in [2.24, 2.45) is 29.6 Å². The molecule has 17 saturated heterocycles. The van der Waals surface area contributed by atoms with Gasteiger partial charge in [-0.2, -0.15) is 0 Å². The lowest BCUT2D eigenvalue weighted by Gasteiger charge is -2.54. The third kappa shape index (κ3) is 8.91. The monoisotopic (exact) mass is 1120 g/mol. The van der Waals surface area contributed by atoms with Gasteiger partial charge in [0.1, 0.15) is 36.6 Å².